The van der Waals surface area contributed by atoms with Crippen LogP contribution in [0.1, 0.15) is 32.4 Å². The molecule has 0 bridgehead atoms. The molecule has 2 N–H and O–H groups in total. The molecule has 0 aliphatic carbocycles. The Bertz CT molecular complexity index is 327. The summed E-state index contributed by atoms with van der Waals surface area (Å²) in [4.78, 5) is 19.3. The molecule has 0 atom stereocenters. The van der Waals surface area contributed by atoms with E-state index in [9.17, 15) is 4.79 Å². The van der Waals surface area contributed by atoms with Gasteiger partial charge in [-0.3, -0.25) is 4.79 Å². The number of nitrogens with zero attached hydrogens (tertiary/aromatic N) is 2. The van der Waals surface area contributed by atoms with Crippen molar-refractivity contribution in [3.63, 3.8) is 0 Å². The molecular formula is C12H20N4O. The number of carbonyl (C=O) groups excluding carboxylic acids is 1. The highest BCUT2D eigenvalue weighted by Gasteiger charge is 2.01. The lowest BCUT2D eigenvalue weighted by Crippen LogP contribution is -2.27. The second-order valence-corrected chi connectivity index (χ2v) is 4.19. The number of rotatable bonds is 7. The van der Waals surface area contributed by atoms with Gasteiger partial charge in [0, 0.05) is 18.7 Å². The third-order valence-electron chi connectivity index (χ3n) is 2.24. The quantitative estimate of drug-likeness (QED) is 0.689. The van der Waals surface area contributed by atoms with Crippen molar-refractivity contribution in [2.75, 3.05) is 6.54 Å². The van der Waals surface area contributed by atoms with Gasteiger partial charge in [0.05, 0.1) is 12.2 Å². The van der Waals surface area contributed by atoms with Crippen molar-refractivity contribution in [1.29, 1.82) is 0 Å². The molecule has 17 heavy (non-hydrogen) atoms. The number of aromatic nitrogens is 2. The Morgan fingerprint density at radius 1 is 1.47 bits per heavy atom. The fraction of sp³-hybridized carbons (Fsp3) is 0.583. The van der Waals surface area contributed by atoms with Crippen LogP contribution in [0.2, 0.25) is 0 Å². The third-order valence-corrected chi connectivity index (χ3v) is 2.24. The van der Waals surface area contributed by atoms with E-state index in [1.54, 1.807) is 12.3 Å². The molecule has 0 saturated carbocycles. The maximum Gasteiger partial charge on any atom is 0.220 e. The van der Waals surface area contributed by atoms with E-state index in [4.69, 9.17) is 0 Å². The van der Waals surface area contributed by atoms with Gasteiger partial charge in [-0.1, -0.05) is 13.8 Å². The molecule has 0 spiro atoms. The normalized spacial score (nSPS) is 10.5. The highest BCUT2D eigenvalue weighted by atomic mass is 16.1. The van der Waals surface area contributed by atoms with E-state index in [0.29, 0.717) is 19.0 Å². The van der Waals surface area contributed by atoms with E-state index in [0.717, 1.165) is 18.7 Å². The van der Waals surface area contributed by atoms with E-state index in [2.05, 4.69) is 34.4 Å². The first-order valence-electron chi connectivity index (χ1n) is 5.93. The summed E-state index contributed by atoms with van der Waals surface area (Å²) in [6.45, 7) is 5.53. The molecule has 0 aromatic carbocycles. The highest BCUT2D eigenvalue weighted by Crippen LogP contribution is 1.92. The topological polar surface area (TPSA) is 66.9 Å². The fourth-order valence-corrected chi connectivity index (χ4v) is 1.34. The van der Waals surface area contributed by atoms with Crippen LogP contribution in [-0.4, -0.2) is 28.5 Å². The summed E-state index contributed by atoms with van der Waals surface area (Å²) in [6.07, 6.45) is 4.55. The van der Waals surface area contributed by atoms with Crippen molar-refractivity contribution in [3.05, 3.63) is 24.3 Å². The van der Waals surface area contributed by atoms with Gasteiger partial charge in [-0.25, -0.2) is 9.97 Å². The standard InChI is InChI=1S/C12H20N4O/c1-10(2)14-6-3-4-12(17)15-8-11-5-7-13-9-16-11/h5,7,9-10,14H,3-4,6,8H2,1-2H3,(H,15,17). The fourth-order valence-electron chi connectivity index (χ4n) is 1.34. The molecule has 1 aromatic heterocycles. The van der Waals surface area contributed by atoms with Crippen molar-refractivity contribution in [3.8, 4) is 0 Å². The first kappa shape index (κ1) is 13.6. The molecule has 5 heteroatoms. The lowest BCUT2D eigenvalue weighted by molar-refractivity contribution is -0.121. The van der Waals surface area contributed by atoms with Crippen molar-refractivity contribution < 1.29 is 4.79 Å². The van der Waals surface area contributed by atoms with Gasteiger partial charge in [0.1, 0.15) is 6.33 Å². The molecule has 0 radical (unpaired) electrons. The molecule has 0 fully saturated rings. The van der Waals surface area contributed by atoms with E-state index < -0.39 is 0 Å². The molecule has 0 aliphatic rings. The summed E-state index contributed by atoms with van der Waals surface area (Å²) in [5, 5.41) is 6.10. The molecular weight excluding hydrogens is 216 g/mol. The average molecular weight is 236 g/mol. The lowest BCUT2D eigenvalue weighted by atomic mass is 10.2. The van der Waals surface area contributed by atoms with Crippen molar-refractivity contribution in [2.45, 2.75) is 39.3 Å². The van der Waals surface area contributed by atoms with Gasteiger partial charge in [0.2, 0.25) is 5.91 Å². The summed E-state index contributed by atoms with van der Waals surface area (Å²) in [7, 11) is 0. The molecule has 0 aliphatic heterocycles. The van der Waals surface area contributed by atoms with Crippen LogP contribution in [0.3, 0.4) is 0 Å². The molecule has 1 amide bonds. The van der Waals surface area contributed by atoms with Crippen LogP contribution in [0.4, 0.5) is 0 Å². The van der Waals surface area contributed by atoms with Gasteiger partial charge in [-0.05, 0) is 19.0 Å². The highest BCUT2D eigenvalue weighted by molar-refractivity contribution is 5.75. The Labute approximate surface area is 102 Å². The number of amides is 1. The lowest BCUT2D eigenvalue weighted by Gasteiger charge is -2.07. The minimum absolute atomic E-state index is 0.0640. The number of carbonyl (C=O) groups is 1. The maximum absolute atomic E-state index is 11.5. The van der Waals surface area contributed by atoms with Gasteiger partial charge in [-0.2, -0.15) is 0 Å². The van der Waals surface area contributed by atoms with Gasteiger partial charge in [0.25, 0.3) is 0 Å². The molecule has 0 saturated heterocycles. The molecule has 1 heterocycles. The van der Waals surface area contributed by atoms with Gasteiger partial charge in [-0.15, -0.1) is 0 Å². The number of nitrogens with one attached hydrogen (secondary N) is 2. The summed E-state index contributed by atoms with van der Waals surface area (Å²) in [6, 6.07) is 2.26. The van der Waals surface area contributed by atoms with Crippen LogP contribution in [0.5, 0.6) is 0 Å². The molecule has 94 valence electrons. The van der Waals surface area contributed by atoms with Crippen molar-refractivity contribution >= 4 is 5.91 Å². The monoisotopic (exact) mass is 236 g/mol. The second-order valence-electron chi connectivity index (χ2n) is 4.19. The summed E-state index contributed by atoms with van der Waals surface area (Å²) < 4.78 is 0. The SMILES string of the molecule is CC(C)NCCCC(=O)NCc1ccncn1. The minimum atomic E-state index is 0.0640. The predicted molar refractivity (Wildman–Crippen MR) is 66.3 cm³/mol. The summed E-state index contributed by atoms with van der Waals surface area (Å²) in [5.74, 6) is 0.0640. The van der Waals surface area contributed by atoms with Crippen LogP contribution in [0.25, 0.3) is 0 Å². The Morgan fingerprint density at radius 3 is 2.94 bits per heavy atom. The van der Waals surface area contributed by atoms with Gasteiger partial charge < -0.3 is 10.6 Å². The minimum Gasteiger partial charge on any atom is -0.350 e. The van der Waals surface area contributed by atoms with Gasteiger partial charge in [0.15, 0.2) is 0 Å². The zero-order valence-corrected chi connectivity index (χ0v) is 10.4. The van der Waals surface area contributed by atoms with Crippen molar-refractivity contribution in [2.24, 2.45) is 0 Å². The predicted octanol–water partition coefficient (Wildman–Crippen LogP) is 0.871. The summed E-state index contributed by atoms with van der Waals surface area (Å²) in [5.41, 5.74) is 0.827. The van der Waals surface area contributed by atoms with Crippen LogP contribution >= 0.6 is 0 Å². The first-order chi connectivity index (χ1) is 8.18. The van der Waals surface area contributed by atoms with E-state index >= 15 is 0 Å². The molecule has 1 rings (SSSR count). The maximum atomic E-state index is 11.5. The number of hydrogen-bond acceptors (Lipinski definition) is 4. The first-order valence-corrected chi connectivity index (χ1v) is 5.93. The Balaban J connectivity index is 2.09. The number of hydrogen-bond donors (Lipinski definition) is 2. The molecule has 1 aromatic rings. The zero-order valence-electron chi connectivity index (χ0n) is 10.4. The Morgan fingerprint density at radius 2 is 2.29 bits per heavy atom. The van der Waals surface area contributed by atoms with E-state index in [-0.39, 0.29) is 5.91 Å². The Hall–Kier alpha value is -1.49. The van der Waals surface area contributed by atoms with Crippen LogP contribution in [0.15, 0.2) is 18.6 Å². The smallest absolute Gasteiger partial charge is 0.220 e. The molecule has 0 unspecified atom stereocenters. The van der Waals surface area contributed by atoms with E-state index in [1.807, 2.05) is 0 Å². The summed E-state index contributed by atoms with van der Waals surface area (Å²) >= 11 is 0. The van der Waals surface area contributed by atoms with Crippen LogP contribution < -0.4 is 10.6 Å². The largest absolute Gasteiger partial charge is 0.350 e. The second kappa shape index (κ2) is 7.73. The van der Waals surface area contributed by atoms with E-state index in [1.165, 1.54) is 6.33 Å². The average Bonchev–Trinajstić information content (AvgIpc) is 2.33. The van der Waals surface area contributed by atoms with Crippen LogP contribution in [-0.2, 0) is 11.3 Å². The van der Waals surface area contributed by atoms with Crippen LogP contribution in [0, 0.1) is 0 Å². The molecule has 5 nitrogen and oxygen atoms in total. The van der Waals surface area contributed by atoms with Gasteiger partial charge >= 0.3 is 0 Å². The van der Waals surface area contributed by atoms with Crippen molar-refractivity contribution in [1.82, 2.24) is 20.6 Å². The Kier molecular flexibility index (Phi) is 6.17. The zero-order chi connectivity index (χ0) is 12.5. The third kappa shape index (κ3) is 6.63.